The van der Waals surface area contributed by atoms with Gasteiger partial charge in [-0.05, 0) is 77.2 Å². The van der Waals surface area contributed by atoms with Gasteiger partial charge in [-0.1, -0.05) is 6.07 Å². The van der Waals surface area contributed by atoms with E-state index in [1.54, 1.807) is 6.20 Å². The first-order valence-electron chi connectivity index (χ1n) is 7.67. The second-order valence-electron chi connectivity index (χ2n) is 5.66. The number of halogens is 1. The monoisotopic (exact) mass is 478 g/mol. The summed E-state index contributed by atoms with van der Waals surface area (Å²) in [7, 11) is -3.28. The third kappa shape index (κ3) is 4.28. The molecule has 0 radical (unpaired) electrons. The number of nitrogens with one attached hydrogen (secondary N) is 1. The van der Waals surface area contributed by atoms with Gasteiger partial charge in [0.1, 0.15) is 0 Å². The summed E-state index contributed by atoms with van der Waals surface area (Å²) in [6.07, 6.45) is 2.85. The summed E-state index contributed by atoms with van der Waals surface area (Å²) in [6.45, 7) is 0. The van der Waals surface area contributed by atoms with Gasteiger partial charge in [-0.25, -0.2) is 8.42 Å². The largest absolute Gasteiger partial charge is 0.322 e. The van der Waals surface area contributed by atoms with E-state index in [-0.39, 0.29) is 10.8 Å². The summed E-state index contributed by atoms with van der Waals surface area (Å²) in [6, 6.07) is 17.1. The second kappa shape index (κ2) is 7.55. The Kier molecular flexibility index (Phi) is 5.38. The number of amides is 1. The van der Waals surface area contributed by atoms with E-state index in [2.05, 4.69) is 32.9 Å². The predicted molar refractivity (Wildman–Crippen MR) is 110 cm³/mol. The second-order valence-corrected chi connectivity index (χ2v) is 8.84. The molecule has 0 aliphatic heterocycles. The number of carbonyl (C=O) groups excluding carboxylic acids is 1. The number of nitrogens with zero attached hydrogens (tertiary/aromatic N) is 1. The Bertz CT molecular complexity index is 1050. The maximum atomic E-state index is 12.4. The molecule has 0 saturated heterocycles. The number of carbonyl (C=O) groups is 1. The van der Waals surface area contributed by atoms with Gasteiger partial charge in [0, 0.05) is 32.8 Å². The van der Waals surface area contributed by atoms with Crippen LogP contribution < -0.4 is 5.32 Å². The van der Waals surface area contributed by atoms with Gasteiger partial charge in [-0.2, -0.15) is 0 Å². The van der Waals surface area contributed by atoms with Crippen molar-refractivity contribution in [3.05, 3.63) is 76.0 Å². The third-order valence-corrected chi connectivity index (χ3v) is 5.78. The van der Waals surface area contributed by atoms with E-state index in [0.29, 0.717) is 11.3 Å². The highest BCUT2D eigenvalue weighted by atomic mass is 127. The van der Waals surface area contributed by atoms with Crippen LogP contribution in [0.1, 0.15) is 10.4 Å². The molecule has 0 saturated carbocycles. The number of hydrogen-bond donors (Lipinski definition) is 1. The van der Waals surface area contributed by atoms with E-state index in [1.807, 2.05) is 36.4 Å². The van der Waals surface area contributed by atoms with Gasteiger partial charge in [0.05, 0.1) is 10.6 Å². The number of benzene rings is 2. The van der Waals surface area contributed by atoms with E-state index in [1.165, 1.54) is 24.3 Å². The molecular weight excluding hydrogens is 463 g/mol. The molecule has 0 aliphatic carbocycles. The Morgan fingerprint density at radius 3 is 2.38 bits per heavy atom. The SMILES string of the molecule is CS(=O)(=O)c1ccc(C(=O)Nc2ccc(I)c(-c3ccccn3)c2)cc1. The Balaban J connectivity index is 1.84. The van der Waals surface area contributed by atoms with E-state index in [4.69, 9.17) is 0 Å². The fourth-order valence-electron chi connectivity index (χ4n) is 2.38. The highest BCUT2D eigenvalue weighted by Crippen LogP contribution is 2.27. The highest BCUT2D eigenvalue weighted by Gasteiger charge is 2.11. The van der Waals surface area contributed by atoms with Crippen molar-refractivity contribution in [1.82, 2.24) is 4.98 Å². The summed E-state index contributed by atoms with van der Waals surface area (Å²) in [5, 5.41) is 2.83. The number of sulfone groups is 1. The molecule has 5 nitrogen and oxygen atoms in total. The van der Waals surface area contributed by atoms with Gasteiger partial charge in [-0.15, -0.1) is 0 Å². The normalized spacial score (nSPS) is 11.2. The number of pyridine rings is 1. The summed E-state index contributed by atoms with van der Waals surface area (Å²) in [5.74, 6) is -0.307. The van der Waals surface area contributed by atoms with Crippen molar-refractivity contribution in [2.45, 2.75) is 4.90 Å². The molecule has 2 aromatic carbocycles. The minimum atomic E-state index is -3.28. The van der Waals surface area contributed by atoms with E-state index < -0.39 is 9.84 Å². The molecule has 3 aromatic rings. The summed E-state index contributed by atoms with van der Waals surface area (Å²) < 4.78 is 24.0. The number of hydrogen-bond acceptors (Lipinski definition) is 4. The van der Waals surface area contributed by atoms with Crippen molar-refractivity contribution in [3.63, 3.8) is 0 Å². The fraction of sp³-hybridized carbons (Fsp3) is 0.0526. The molecule has 1 heterocycles. The Hall–Kier alpha value is -2.26. The molecule has 1 N–H and O–H groups in total. The minimum absolute atomic E-state index is 0.181. The fourth-order valence-corrected chi connectivity index (χ4v) is 3.62. The van der Waals surface area contributed by atoms with Crippen LogP contribution in [0.15, 0.2) is 71.8 Å². The smallest absolute Gasteiger partial charge is 0.255 e. The summed E-state index contributed by atoms with van der Waals surface area (Å²) in [4.78, 5) is 17.0. The quantitative estimate of drug-likeness (QED) is 0.576. The standard InChI is InChI=1S/C19H15IN2O3S/c1-26(24,25)15-8-5-13(6-9-15)19(23)22-14-7-10-17(20)16(12-14)18-4-2-3-11-21-18/h2-12H,1H3,(H,22,23). The van der Waals surface area contributed by atoms with Gasteiger partial charge < -0.3 is 5.32 Å². The molecular formula is C19H15IN2O3S. The highest BCUT2D eigenvalue weighted by molar-refractivity contribution is 14.1. The van der Waals surface area contributed by atoms with Crippen molar-refractivity contribution >= 4 is 44.0 Å². The van der Waals surface area contributed by atoms with Crippen molar-refractivity contribution in [3.8, 4) is 11.3 Å². The molecule has 0 bridgehead atoms. The van der Waals surface area contributed by atoms with Crippen molar-refractivity contribution in [1.29, 1.82) is 0 Å². The van der Waals surface area contributed by atoms with E-state index in [0.717, 1.165) is 21.1 Å². The first-order chi connectivity index (χ1) is 12.3. The number of anilines is 1. The first kappa shape index (κ1) is 18.5. The maximum Gasteiger partial charge on any atom is 0.255 e. The van der Waals surface area contributed by atoms with Crippen LogP contribution in [0.3, 0.4) is 0 Å². The zero-order chi connectivity index (χ0) is 18.7. The summed E-state index contributed by atoms with van der Waals surface area (Å²) in [5.41, 5.74) is 2.78. The molecule has 0 spiro atoms. The average molecular weight is 478 g/mol. The molecule has 7 heteroatoms. The lowest BCUT2D eigenvalue weighted by molar-refractivity contribution is 0.102. The molecule has 26 heavy (non-hydrogen) atoms. The first-order valence-corrected chi connectivity index (χ1v) is 10.6. The molecule has 1 amide bonds. The predicted octanol–water partition coefficient (Wildman–Crippen LogP) is 4.01. The lowest BCUT2D eigenvalue weighted by Crippen LogP contribution is -2.12. The van der Waals surface area contributed by atoms with Gasteiger partial charge in [-0.3, -0.25) is 9.78 Å². The Morgan fingerprint density at radius 1 is 1.04 bits per heavy atom. The van der Waals surface area contributed by atoms with Gasteiger partial charge in [0.25, 0.3) is 5.91 Å². The molecule has 0 fully saturated rings. The Labute approximate surface area is 165 Å². The van der Waals surface area contributed by atoms with Crippen LogP contribution >= 0.6 is 22.6 Å². The van der Waals surface area contributed by atoms with Crippen molar-refractivity contribution < 1.29 is 13.2 Å². The molecule has 1 aromatic heterocycles. The summed E-state index contributed by atoms with van der Waals surface area (Å²) >= 11 is 2.23. The van der Waals surface area contributed by atoms with E-state index >= 15 is 0 Å². The van der Waals surface area contributed by atoms with Crippen molar-refractivity contribution in [2.75, 3.05) is 11.6 Å². The third-order valence-electron chi connectivity index (χ3n) is 3.71. The molecule has 0 unspecified atom stereocenters. The van der Waals surface area contributed by atoms with Crippen LogP contribution in [0, 0.1) is 3.57 Å². The zero-order valence-electron chi connectivity index (χ0n) is 13.8. The van der Waals surface area contributed by atoms with Crippen LogP contribution in [-0.4, -0.2) is 25.6 Å². The number of aromatic nitrogens is 1. The van der Waals surface area contributed by atoms with E-state index in [9.17, 15) is 13.2 Å². The minimum Gasteiger partial charge on any atom is -0.322 e. The lowest BCUT2D eigenvalue weighted by Gasteiger charge is -2.09. The van der Waals surface area contributed by atoms with Gasteiger partial charge in [0.15, 0.2) is 9.84 Å². The van der Waals surface area contributed by atoms with Crippen LogP contribution in [0.25, 0.3) is 11.3 Å². The number of rotatable bonds is 4. The van der Waals surface area contributed by atoms with Crippen LogP contribution in [0.2, 0.25) is 0 Å². The average Bonchev–Trinajstić information content (AvgIpc) is 2.63. The Morgan fingerprint density at radius 2 is 1.77 bits per heavy atom. The van der Waals surface area contributed by atoms with Gasteiger partial charge >= 0.3 is 0 Å². The maximum absolute atomic E-state index is 12.4. The van der Waals surface area contributed by atoms with Crippen LogP contribution in [-0.2, 0) is 9.84 Å². The zero-order valence-corrected chi connectivity index (χ0v) is 16.8. The van der Waals surface area contributed by atoms with Gasteiger partial charge in [0.2, 0.25) is 0 Å². The topological polar surface area (TPSA) is 76.1 Å². The molecule has 0 atom stereocenters. The molecule has 3 rings (SSSR count). The van der Waals surface area contributed by atoms with Crippen molar-refractivity contribution in [2.24, 2.45) is 0 Å². The molecule has 132 valence electrons. The van der Waals surface area contributed by atoms with Crippen LogP contribution in [0.5, 0.6) is 0 Å². The molecule has 0 aliphatic rings. The lowest BCUT2D eigenvalue weighted by atomic mass is 10.1. The van der Waals surface area contributed by atoms with Crippen LogP contribution in [0.4, 0.5) is 5.69 Å².